The minimum Gasteiger partial charge on any atom is -0.481 e. The molecule has 0 bridgehead atoms. The summed E-state index contributed by atoms with van der Waals surface area (Å²) in [5.41, 5.74) is 5.91. The minimum atomic E-state index is -0.731. The third-order valence-electron chi connectivity index (χ3n) is 4.38. The maximum absolute atomic E-state index is 12.4. The molecule has 114 valence electrons. The van der Waals surface area contributed by atoms with Crippen LogP contribution in [0.4, 0.5) is 4.79 Å². The number of piperidine rings is 2. The van der Waals surface area contributed by atoms with Crippen molar-refractivity contribution in [2.75, 3.05) is 26.2 Å². The van der Waals surface area contributed by atoms with Crippen molar-refractivity contribution in [1.82, 2.24) is 9.80 Å². The van der Waals surface area contributed by atoms with E-state index < -0.39 is 5.97 Å². The summed E-state index contributed by atoms with van der Waals surface area (Å²) in [5.74, 6) is -0.287. The summed E-state index contributed by atoms with van der Waals surface area (Å²) in [6.07, 6.45) is 4.78. The normalized spacial score (nSPS) is 24.8. The lowest BCUT2D eigenvalue weighted by Crippen LogP contribution is -2.52. The van der Waals surface area contributed by atoms with Gasteiger partial charge in [0.1, 0.15) is 0 Å². The Labute approximate surface area is 119 Å². The van der Waals surface area contributed by atoms with Gasteiger partial charge in [0.25, 0.3) is 0 Å². The number of hydrogen-bond acceptors (Lipinski definition) is 3. The molecule has 2 amide bonds. The molecule has 2 rings (SSSR count). The third kappa shape index (κ3) is 4.10. The smallest absolute Gasteiger partial charge is 0.320 e. The first-order valence-corrected chi connectivity index (χ1v) is 7.57. The number of amides is 2. The van der Waals surface area contributed by atoms with Gasteiger partial charge in [-0.1, -0.05) is 0 Å². The molecule has 0 spiro atoms. The van der Waals surface area contributed by atoms with Crippen molar-refractivity contribution >= 4 is 12.0 Å². The summed E-state index contributed by atoms with van der Waals surface area (Å²) >= 11 is 0. The van der Waals surface area contributed by atoms with Gasteiger partial charge >= 0.3 is 12.0 Å². The van der Waals surface area contributed by atoms with Gasteiger partial charge in [-0.05, 0) is 38.0 Å². The van der Waals surface area contributed by atoms with Crippen molar-refractivity contribution in [2.24, 2.45) is 11.7 Å². The Bertz CT molecular complexity index is 354. The van der Waals surface area contributed by atoms with E-state index in [1.54, 1.807) is 0 Å². The predicted octanol–water partition coefficient (Wildman–Crippen LogP) is 1.11. The molecule has 2 aliphatic rings. The van der Waals surface area contributed by atoms with Crippen LogP contribution in [0.1, 0.15) is 38.5 Å². The number of nitrogens with two attached hydrogens (primary N) is 1. The van der Waals surface area contributed by atoms with Crippen LogP contribution in [0.3, 0.4) is 0 Å². The second-order valence-corrected chi connectivity index (χ2v) is 5.99. The number of rotatable bonds is 3. The van der Waals surface area contributed by atoms with E-state index >= 15 is 0 Å². The fourth-order valence-corrected chi connectivity index (χ4v) is 3.12. The number of likely N-dealkylation sites (tertiary alicyclic amines) is 2. The molecule has 3 N–H and O–H groups in total. The lowest BCUT2D eigenvalue weighted by Gasteiger charge is -2.38. The van der Waals surface area contributed by atoms with Crippen molar-refractivity contribution in [3.05, 3.63) is 0 Å². The van der Waals surface area contributed by atoms with Crippen molar-refractivity contribution < 1.29 is 14.7 Å². The second kappa shape index (κ2) is 6.92. The summed E-state index contributed by atoms with van der Waals surface area (Å²) in [6, 6.07) is 0.220. The Morgan fingerprint density at radius 3 is 2.40 bits per heavy atom. The van der Waals surface area contributed by atoms with Gasteiger partial charge in [0, 0.05) is 38.6 Å². The van der Waals surface area contributed by atoms with Gasteiger partial charge < -0.3 is 20.6 Å². The maximum Gasteiger partial charge on any atom is 0.320 e. The van der Waals surface area contributed by atoms with Crippen molar-refractivity contribution in [3.8, 4) is 0 Å². The van der Waals surface area contributed by atoms with Crippen molar-refractivity contribution in [3.63, 3.8) is 0 Å². The molecule has 0 aliphatic carbocycles. The summed E-state index contributed by atoms with van der Waals surface area (Å²) in [7, 11) is 0. The van der Waals surface area contributed by atoms with Crippen LogP contribution in [0.5, 0.6) is 0 Å². The van der Waals surface area contributed by atoms with Gasteiger partial charge in [-0.2, -0.15) is 0 Å². The molecular formula is C14H25N3O3. The zero-order chi connectivity index (χ0) is 14.5. The largest absolute Gasteiger partial charge is 0.481 e. The van der Waals surface area contributed by atoms with Crippen LogP contribution in [-0.2, 0) is 4.79 Å². The van der Waals surface area contributed by atoms with Gasteiger partial charge in [-0.3, -0.25) is 4.79 Å². The van der Waals surface area contributed by atoms with Crippen LogP contribution in [-0.4, -0.2) is 59.1 Å². The molecule has 1 atom stereocenters. The van der Waals surface area contributed by atoms with Crippen molar-refractivity contribution in [1.29, 1.82) is 0 Å². The molecule has 1 unspecified atom stereocenters. The van der Waals surface area contributed by atoms with E-state index in [9.17, 15) is 9.59 Å². The number of carboxylic acid groups (broad SMARTS) is 1. The van der Waals surface area contributed by atoms with Crippen LogP contribution >= 0.6 is 0 Å². The zero-order valence-electron chi connectivity index (χ0n) is 12.0. The van der Waals surface area contributed by atoms with Crippen LogP contribution < -0.4 is 5.73 Å². The monoisotopic (exact) mass is 283 g/mol. The summed E-state index contributed by atoms with van der Waals surface area (Å²) < 4.78 is 0. The highest BCUT2D eigenvalue weighted by Crippen LogP contribution is 2.23. The number of urea groups is 1. The van der Waals surface area contributed by atoms with Gasteiger partial charge in [0.2, 0.25) is 0 Å². The lowest BCUT2D eigenvalue weighted by molar-refractivity contribution is -0.137. The number of carbonyl (C=O) groups is 2. The molecule has 2 fully saturated rings. The number of nitrogens with zero attached hydrogens (tertiary/aromatic N) is 2. The number of carboxylic acids is 1. The molecule has 2 heterocycles. The molecule has 0 radical (unpaired) electrons. The predicted molar refractivity (Wildman–Crippen MR) is 75.3 cm³/mol. The third-order valence-corrected chi connectivity index (χ3v) is 4.38. The molecule has 0 aromatic rings. The maximum atomic E-state index is 12.4. The molecule has 2 saturated heterocycles. The first-order chi connectivity index (χ1) is 9.56. The molecule has 6 nitrogen and oxygen atoms in total. The first kappa shape index (κ1) is 15.1. The minimum absolute atomic E-state index is 0.108. The second-order valence-electron chi connectivity index (χ2n) is 5.99. The van der Waals surface area contributed by atoms with Gasteiger partial charge in [-0.15, -0.1) is 0 Å². The molecule has 0 saturated carbocycles. The Hall–Kier alpha value is -1.30. The molecular weight excluding hydrogens is 258 g/mol. The highest BCUT2D eigenvalue weighted by molar-refractivity contribution is 5.74. The molecule has 6 heteroatoms. The van der Waals surface area contributed by atoms with E-state index in [-0.39, 0.29) is 18.5 Å². The summed E-state index contributed by atoms with van der Waals surface area (Å²) in [5, 5.41) is 8.70. The zero-order valence-corrected chi connectivity index (χ0v) is 12.0. The highest BCUT2D eigenvalue weighted by Gasteiger charge is 2.28. The first-order valence-electron chi connectivity index (χ1n) is 7.57. The van der Waals surface area contributed by atoms with E-state index in [4.69, 9.17) is 10.8 Å². The quantitative estimate of drug-likeness (QED) is 0.812. The average molecular weight is 283 g/mol. The number of hydrogen-bond donors (Lipinski definition) is 2. The fraction of sp³-hybridized carbons (Fsp3) is 0.857. The van der Waals surface area contributed by atoms with E-state index in [1.165, 1.54) is 0 Å². The van der Waals surface area contributed by atoms with Crippen molar-refractivity contribution in [2.45, 2.75) is 44.6 Å². The molecule has 20 heavy (non-hydrogen) atoms. The van der Waals surface area contributed by atoms with Crippen LogP contribution in [0, 0.1) is 5.92 Å². The highest BCUT2D eigenvalue weighted by atomic mass is 16.4. The average Bonchev–Trinajstić information content (AvgIpc) is 2.45. The number of aliphatic carboxylic acids is 1. The topological polar surface area (TPSA) is 86.9 Å². The number of carbonyl (C=O) groups excluding carboxylic acids is 1. The molecule has 2 aliphatic heterocycles. The fourth-order valence-electron chi connectivity index (χ4n) is 3.12. The summed E-state index contributed by atoms with van der Waals surface area (Å²) in [4.78, 5) is 26.7. The van der Waals surface area contributed by atoms with E-state index in [0.29, 0.717) is 12.5 Å². The van der Waals surface area contributed by atoms with E-state index in [0.717, 1.165) is 51.7 Å². The Morgan fingerprint density at radius 1 is 1.10 bits per heavy atom. The SMILES string of the molecule is NC1CCCN(C(=O)N2CCC(CCC(=O)O)CC2)C1. The van der Waals surface area contributed by atoms with Gasteiger partial charge in [-0.25, -0.2) is 4.79 Å². The Morgan fingerprint density at radius 2 is 1.80 bits per heavy atom. The van der Waals surface area contributed by atoms with E-state index in [2.05, 4.69) is 0 Å². The molecule has 0 aromatic heterocycles. The van der Waals surface area contributed by atoms with E-state index in [1.807, 2.05) is 9.80 Å². The van der Waals surface area contributed by atoms with Gasteiger partial charge in [0.15, 0.2) is 0 Å². The summed E-state index contributed by atoms with van der Waals surface area (Å²) in [6.45, 7) is 2.97. The van der Waals surface area contributed by atoms with Gasteiger partial charge in [0.05, 0.1) is 0 Å². The van der Waals surface area contributed by atoms with Crippen LogP contribution in [0.25, 0.3) is 0 Å². The lowest BCUT2D eigenvalue weighted by atomic mass is 9.92. The Kier molecular flexibility index (Phi) is 5.23. The molecule has 0 aromatic carbocycles. The van der Waals surface area contributed by atoms with Crippen LogP contribution in [0.2, 0.25) is 0 Å². The standard InChI is InChI=1S/C14H25N3O3/c15-12-2-1-7-17(10-12)14(20)16-8-5-11(6-9-16)3-4-13(18)19/h11-12H,1-10,15H2,(H,18,19). The Balaban J connectivity index is 1.75. The van der Waals surface area contributed by atoms with Crippen LogP contribution in [0.15, 0.2) is 0 Å².